The van der Waals surface area contributed by atoms with E-state index in [1.54, 1.807) is 6.92 Å². The molecule has 166 valence electrons. The first kappa shape index (κ1) is 23.2. The van der Waals surface area contributed by atoms with Gasteiger partial charge in [-0.3, -0.25) is 9.59 Å². The van der Waals surface area contributed by atoms with Crippen LogP contribution in [0.3, 0.4) is 0 Å². The molecule has 0 heterocycles. The van der Waals surface area contributed by atoms with Gasteiger partial charge >= 0.3 is 0 Å². The lowest BCUT2D eigenvalue weighted by molar-refractivity contribution is -0.143. The predicted octanol–water partition coefficient (Wildman–Crippen LogP) is 7.63. The van der Waals surface area contributed by atoms with Crippen LogP contribution in [0.4, 0.5) is 0 Å². The lowest BCUT2D eigenvalue weighted by Gasteiger charge is -2.50. The van der Waals surface area contributed by atoms with Crippen molar-refractivity contribution in [2.24, 2.45) is 16.7 Å². The number of Topliss-reactive ketones (excluding diaryl/α,β-unsaturated/α-hetero) is 2. The van der Waals surface area contributed by atoms with Crippen molar-refractivity contribution in [3.63, 3.8) is 0 Å². The first-order valence-corrected chi connectivity index (χ1v) is 12.3. The normalized spacial score (nSPS) is 26.3. The van der Waals surface area contributed by atoms with Crippen molar-refractivity contribution in [3.8, 4) is 0 Å². The van der Waals surface area contributed by atoms with E-state index in [1.165, 1.54) is 16.7 Å². The largest absolute Gasteiger partial charge is 0.298 e. The average Bonchev–Trinajstić information content (AvgIpc) is 2.70. The van der Waals surface area contributed by atoms with Crippen LogP contribution in [0.25, 0.3) is 0 Å². The molecule has 3 unspecified atom stereocenters. The minimum Gasteiger partial charge on any atom is -0.298 e. The van der Waals surface area contributed by atoms with Crippen LogP contribution < -0.4 is 0 Å². The molecule has 0 saturated heterocycles. The summed E-state index contributed by atoms with van der Waals surface area (Å²) < 4.78 is 0. The molecular formula is C28H42O2. The highest BCUT2D eigenvalue weighted by Crippen LogP contribution is 2.56. The van der Waals surface area contributed by atoms with Gasteiger partial charge in [-0.05, 0) is 79.5 Å². The molecule has 2 nitrogen and oxygen atoms in total. The fourth-order valence-corrected chi connectivity index (χ4v) is 6.53. The van der Waals surface area contributed by atoms with Crippen LogP contribution in [-0.2, 0) is 11.2 Å². The molecule has 0 N–H and O–H groups in total. The molecule has 2 aliphatic carbocycles. The number of ketones is 2. The Balaban J connectivity index is 2.00. The molecular weight excluding hydrogens is 368 g/mol. The minimum atomic E-state index is -0.251. The molecule has 1 saturated carbocycles. The third kappa shape index (κ3) is 4.04. The molecule has 0 aromatic heterocycles. The molecule has 2 aliphatic rings. The molecule has 0 bridgehead atoms. The van der Waals surface area contributed by atoms with Crippen LogP contribution in [0, 0.1) is 16.7 Å². The number of rotatable bonds is 7. The number of hydrogen-bond donors (Lipinski definition) is 0. The second-order valence-corrected chi connectivity index (χ2v) is 11.2. The van der Waals surface area contributed by atoms with Crippen molar-refractivity contribution >= 4 is 11.6 Å². The van der Waals surface area contributed by atoms with Crippen LogP contribution >= 0.6 is 0 Å². The van der Waals surface area contributed by atoms with Gasteiger partial charge in [-0.2, -0.15) is 0 Å². The maximum atomic E-state index is 13.9. The molecule has 2 heteroatoms. The summed E-state index contributed by atoms with van der Waals surface area (Å²) in [7, 11) is 0. The van der Waals surface area contributed by atoms with Gasteiger partial charge in [0.2, 0.25) is 0 Å². The Morgan fingerprint density at radius 2 is 1.90 bits per heavy atom. The monoisotopic (exact) mass is 410 g/mol. The lowest BCUT2D eigenvalue weighted by atomic mass is 9.52. The number of unbranched alkanes of at least 4 members (excludes halogenated alkanes) is 1. The summed E-state index contributed by atoms with van der Waals surface area (Å²) >= 11 is 0. The molecule has 3 atom stereocenters. The first-order chi connectivity index (χ1) is 14.0. The van der Waals surface area contributed by atoms with E-state index in [-0.39, 0.29) is 16.6 Å². The molecule has 1 aromatic rings. The van der Waals surface area contributed by atoms with Crippen molar-refractivity contribution in [3.05, 3.63) is 34.4 Å². The Bertz CT molecular complexity index is 816. The molecule has 0 radical (unpaired) electrons. The van der Waals surface area contributed by atoms with E-state index >= 15 is 0 Å². The summed E-state index contributed by atoms with van der Waals surface area (Å²) in [6.45, 7) is 14.8. The summed E-state index contributed by atoms with van der Waals surface area (Å²) in [5.41, 5.74) is 4.38. The molecule has 0 aliphatic heterocycles. The second kappa shape index (κ2) is 8.60. The van der Waals surface area contributed by atoms with Gasteiger partial charge in [0.1, 0.15) is 5.78 Å². The molecule has 0 amide bonds. The van der Waals surface area contributed by atoms with Crippen molar-refractivity contribution in [2.45, 2.75) is 112 Å². The number of aryl methyl sites for hydroxylation is 1. The Hall–Kier alpha value is -1.44. The Morgan fingerprint density at radius 1 is 1.20 bits per heavy atom. The molecule has 30 heavy (non-hydrogen) atoms. The Kier molecular flexibility index (Phi) is 6.65. The average molecular weight is 411 g/mol. The summed E-state index contributed by atoms with van der Waals surface area (Å²) in [5, 5.41) is 0. The highest BCUT2D eigenvalue weighted by Gasteiger charge is 2.52. The van der Waals surface area contributed by atoms with Crippen molar-refractivity contribution in [2.75, 3.05) is 0 Å². The van der Waals surface area contributed by atoms with Gasteiger partial charge in [0.25, 0.3) is 0 Å². The Labute approximate surface area is 184 Å². The van der Waals surface area contributed by atoms with E-state index in [1.807, 2.05) is 0 Å². The van der Waals surface area contributed by atoms with E-state index in [2.05, 4.69) is 53.7 Å². The summed E-state index contributed by atoms with van der Waals surface area (Å²) in [6, 6.07) is 4.52. The fourth-order valence-electron chi connectivity index (χ4n) is 6.53. The topological polar surface area (TPSA) is 34.1 Å². The zero-order valence-electron chi connectivity index (χ0n) is 20.4. The van der Waals surface area contributed by atoms with Gasteiger partial charge < -0.3 is 0 Å². The van der Waals surface area contributed by atoms with E-state index in [9.17, 15) is 9.59 Å². The highest BCUT2D eigenvalue weighted by molar-refractivity contribution is 5.96. The van der Waals surface area contributed by atoms with Gasteiger partial charge in [0, 0.05) is 16.4 Å². The molecule has 3 rings (SSSR count). The van der Waals surface area contributed by atoms with Crippen LogP contribution in [-0.4, -0.2) is 11.6 Å². The number of benzene rings is 1. The van der Waals surface area contributed by atoms with Gasteiger partial charge in [-0.25, -0.2) is 0 Å². The van der Waals surface area contributed by atoms with E-state index in [0.717, 1.165) is 56.9 Å². The van der Waals surface area contributed by atoms with E-state index in [4.69, 9.17) is 0 Å². The maximum Gasteiger partial charge on any atom is 0.160 e. The highest BCUT2D eigenvalue weighted by atomic mass is 16.1. The molecule has 0 spiro atoms. The molecule has 1 aromatic carbocycles. The van der Waals surface area contributed by atoms with Gasteiger partial charge in [-0.1, -0.05) is 66.9 Å². The number of carbonyl (C=O) groups excluding carboxylic acids is 2. The van der Waals surface area contributed by atoms with Gasteiger partial charge in [0.05, 0.1) is 0 Å². The van der Waals surface area contributed by atoms with Crippen LogP contribution in [0.15, 0.2) is 12.1 Å². The lowest BCUT2D eigenvalue weighted by Crippen LogP contribution is -2.49. The van der Waals surface area contributed by atoms with E-state index in [0.29, 0.717) is 23.5 Å². The zero-order valence-corrected chi connectivity index (χ0v) is 20.4. The van der Waals surface area contributed by atoms with Crippen molar-refractivity contribution in [1.29, 1.82) is 0 Å². The SMILES string of the molecule is CCCCC(C)(C)C(=O)C1(C)CCCC2c3cc(C(C)=O)c(C(C)C)cc3CCC21. The first-order valence-electron chi connectivity index (χ1n) is 12.3. The number of hydrogen-bond acceptors (Lipinski definition) is 2. The van der Waals surface area contributed by atoms with Crippen molar-refractivity contribution in [1.82, 2.24) is 0 Å². The van der Waals surface area contributed by atoms with Crippen LogP contribution in [0.1, 0.15) is 132 Å². The third-order valence-corrected chi connectivity index (χ3v) is 8.24. The summed E-state index contributed by atoms with van der Waals surface area (Å²) in [6.07, 6.45) is 8.64. The van der Waals surface area contributed by atoms with Crippen molar-refractivity contribution < 1.29 is 9.59 Å². The number of carbonyl (C=O) groups is 2. The van der Waals surface area contributed by atoms with Crippen LogP contribution in [0.2, 0.25) is 0 Å². The summed E-state index contributed by atoms with van der Waals surface area (Å²) in [5.74, 6) is 1.81. The third-order valence-electron chi connectivity index (χ3n) is 8.24. The Morgan fingerprint density at radius 3 is 2.50 bits per heavy atom. The smallest absolute Gasteiger partial charge is 0.160 e. The quantitative estimate of drug-likeness (QED) is 0.433. The zero-order chi connectivity index (χ0) is 22.3. The van der Waals surface area contributed by atoms with E-state index < -0.39 is 0 Å². The van der Waals surface area contributed by atoms with Crippen LogP contribution in [0.5, 0.6) is 0 Å². The summed E-state index contributed by atoms with van der Waals surface area (Å²) in [4.78, 5) is 26.3. The molecule has 1 fully saturated rings. The minimum absolute atomic E-state index is 0.166. The number of fused-ring (bicyclic) bond motifs is 3. The standard InChI is InChI=1S/C28H42O2/c1-8-9-14-27(5,6)26(30)28(7)15-10-11-21-24-17-23(19(4)29)22(18(2)3)16-20(24)12-13-25(21)28/h16-18,21,25H,8-15H2,1-7H3. The second-order valence-electron chi connectivity index (χ2n) is 11.2. The maximum absolute atomic E-state index is 13.9. The van der Waals surface area contributed by atoms with Gasteiger partial charge in [-0.15, -0.1) is 0 Å². The fraction of sp³-hybridized carbons (Fsp3) is 0.714. The van der Waals surface area contributed by atoms with Gasteiger partial charge in [0.15, 0.2) is 5.78 Å². The predicted molar refractivity (Wildman–Crippen MR) is 125 cm³/mol.